The zero-order valence-corrected chi connectivity index (χ0v) is 14.6. The van der Waals surface area contributed by atoms with Gasteiger partial charge in [0.1, 0.15) is 0 Å². The number of hydrogen-bond acceptors (Lipinski definition) is 1. The molecule has 1 aromatic heterocycles. The summed E-state index contributed by atoms with van der Waals surface area (Å²) in [6.45, 7) is 4.03. The third-order valence-electron chi connectivity index (χ3n) is 6.52. The summed E-state index contributed by atoms with van der Waals surface area (Å²) in [6, 6.07) is 7.18. The molecule has 126 valence electrons. The van der Waals surface area contributed by atoms with Gasteiger partial charge in [-0.3, -0.25) is 4.79 Å². The van der Waals surface area contributed by atoms with E-state index in [1.807, 2.05) is 0 Å². The standard InChI is InChI=1S/C21H26N2O/c1-14-9-10-18-17(13-14)16-7-4-8-19-20(16)22(18)11-12-23(19)21(24)15-5-2-3-6-15/h9-10,13,15,19H,2-8,11-12H2,1H3. The SMILES string of the molecule is Cc1ccc2c(c1)c1c3n2CCN(C(=O)C2CCCC2)C3CCC1. The highest BCUT2D eigenvalue weighted by Crippen LogP contribution is 2.43. The van der Waals surface area contributed by atoms with E-state index in [-0.39, 0.29) is 0 Å². The second-order valence-corrected chi connectivity index (χ2v) is 7.96. The molecule has 1 saturated carbocycles. The van der Waals surface area contributed by atoms with Crippen LogP contribution in [0.5, 0.6) is 0 Å². The highest BCUT2D eigenvalue weighted by molar-refractivity contribution is 5.88. The first kappa shape index (κ1) is 14.6. The van der Waals surface area contributed by atoms with Gasteiger partial charge >= 0.3 is 0 Å². The van der Waals surface area contributed by atoms with Gasteiger partial charge in [-0.2, -0.15) is 0 Å². The first-order chi connectivity index (χ1) is 11.7. The zero-order chi connectivity index (χ0) is 16.3. The Hall–Kier alpha value is -1.77. The van der Waals surface area contributed by atoms with Crippen LogP contribution in [0.1, 0.15) is 61.4 Å². The number of fused-ring (bicyclic) bond motifs is 3. The lowest BCUT2D eigenvalue weighted by molar-refractivity contribution is -0.139. The van der Waals surface area contributed by atoms with Crippen LogP contribution in [-0.4, -0.2) is 21.9 Å². The van der Waals surface area contributed by atoms with E-state index in [4.69, 9.17) is 0 Å². The molecule has 1 unspecified atom stereocenters. The Morgan fingerprint density at radius 1 is 1.08 bits per heavy atom. The van der Waals surface area contributed by atoms with Gasteiger partial charge in [-0.1, -0.05) is 24.5 Å². The van der Waals surface area contributed by atoms with Gasteiger partial charge < -0.3 is 9.47 Å². The maximum atomic E-state index is 13.1. The third-order valence-corrected chi connectivity index (χ3v) is 6.52. The molecule has 2 aromatic rings. The van der Waals surface area contributed by atoms with Gasteiger partial charge in [0, 0.05) is 35.6 Å². The molecule has 3 heteroatoms. The number of hydrogen-bond donors (Lipinski definition) is 0. The number of nitrogens with zero attached hydrogens (tertiary/aromatic N) is 2. The molecule has 1 aliphatic heterocycles. The van der Waals surface area contributed by atoms with Crippen molar-refractivity contribution in [2.75, 3.05) is 6.54 Å². The van der Waals surface area contributed by atoms with Crippen molar-refractivity contribution in [3.63, 3.8) is 0 Å². The van der Waals surface area contributed by atoms with Crippen LogP contribution < -0.4 is 0 Å². The van der Waals surface area contributed by atoms with Crippen LogP contribution in [-0.2, 0) is 17.8 Å². The molecule has 0 radical (unpaired) electrons. The molecule has 1 aromatic carbocycles. The molecule has 1 fully saturated rings. The summed E-state index contributed by atoms with van der Waals surface area (Å²) in [5, 5.41) is 1.44. The van der Waals surface area contributed by atoms with Crippen LogP contribution in [0.2, 0.25) is 0 Å². The lowest BCUT2D eigenvalue weighted by Gasteiger charge is -2.41. The molecular weight excluding hydrogens is 296 g/mol. The Labute approximate surface area is 143 Å². The van der Waals surface area contributed by atoms with Crippen LogP contribution in [0.4, 0.5) is 0 Å². The molecule has 0 bridgehead atoms. The van der Waals surface area contributed by atoms with Gasteiger partial charge in [0.2, 0.25) is 5.91 Å². The van der Waals surface area contributed by atoms with Gasteiger partial charge in [-0.05, 0) is 56.7 Å². The summed E-state index contributed by atoms with van der Waals surface area (Å²) in [5.41, 5.74) is 5.70. The van der Waals surface area contributed by atoms with Crippen LogP contribution in [0.15, 0.2) is 18.2 Å². The minimum atomic E-state index is 0.300. The van der Waals surface area contributed by atoms with Gasteiger partial charge in [-0.25, -0.2) is 0 Å². The van der Waals surface area contributed by atoms with Gasteiger partial charge in [0.15, 0.2) is 0 Å². The molecule has 3 nitrogen and oxygen atoms in total. The number of carbonyl (C=O) groups excluding carboxylic acids is 1. The highest BCUT2D eigenvalue weighted by atomic mass is 16.2. The number of carbonyl (C=O) groups is 1. The maximum Gasteiger partial charge on any atom is 0.226 e. The second kappa shape index (κ2) is 5.37. The quantitative estimate of drug-likeness (QED) is 0.766. The van der Waals surface area contributed by atoms with Crippen molar-refractivity contribution in [2.45, 2.75) is 64.5 Å². The fourth-order valence-electron chi connectivity index (χ4n) is 5.39. The second-order valence-electron chi connectivity index (χ2n) is 7.96. The first-order valence-electron chi connectivity index (χ1n) is 9.66. The van der Waals surface area contributed by atoms with E-state index < -0.39 is 0 Å². The molecule has 2 aliphatic carbocycles. The molecule has 3 aliphatic rings. The zero-order valence-electron chi connectivity index (χ0n) is 14.6. The predicted molar refractivity (Wildman–Crippen MR) is 96.0 cm³/mol. The molecule has 1 atom stereocenters. The molecule has 24 heavy (non-hydrogen) atoms. The Bertz CT molecular complexity index is 813. The smallest absolute Gasteiger partial charge is 0.226 e. The average Bonchev–Trinajstić information content (AvgIpc) is 3.23. The number of amides is 1. The summed E-state index contributed by atoms with van der Waals surface area (Å²) < 4.78 is 2.52. The summed E-state index contributed by atoms with van der Waals surface area (Å²) >= 11 is 0. The maximum absolute atomic E-state index is 13.1. The minimum absolute atomic E-state index is 0.300. The Morgan fingerprint density at radius 3 is 2.75 bits per heavy atom. The fraction of sp³-hybridized carbons (Fsp3) is 0.571. The molecule has 0 spiro atoms. The number of rotatable bonds is 1. The van der Waals surface area contributed by atoms with Crippen LogP contribution in [0, 0.1) is 12.8 Å². The molecule has 0 N–H and O–H groups in total. The first-order valence-corrected chi connectivity index (χ1v) is 9.66. The predicted octanol–water partition coefficient (Wildman–Crippen LogP) is 4.36. The van der Waals surface area contributed by atoms with Gasteiger partial charge in [0.25, 0.3) is 0 Å². The number of aryl methyl sites for hydroxylation is 2. The van der Waals surface area contributed by atoms with Crippen molar-refractivity contribution < 1.29 is 4.79 Å². The van der Waals surface area contributed by atoms with E-state index in [2.05, 4.69) is 34.6 Å². The largest absolute Gasteiger partial charge is 0.341 e. The topological polar surface area (TPSA) is 25.2 Å². The summed E-state index contributed by atoms with van der Waals surface area (Å²) in [5.74, 6) is 0.742. The van der Waals surface area contributed by atoms with E-state index in [1.54, 1.807) is 0 Å². The molecule has 2 heterocycles. The van der Waals surface area contributed by atoms with Crippen molar-refractivity contribution in [1.29, 1.82) is 0 Å². The van der Waals surface area contributed by atoms with E-state index >= 15 is 0 Å². The minimum Gasteiger partial charge on any atom is -0.341 e. The van der Waals surface area contributed by atoms with Crippen LogP contribution >= 0.6 is 0 Å². The fourth-order valence-corrected chi connectivity index (χ4v) is 5.39. The van der Waals surface area contributed by atoms with Crippen molar-refractivity contribution >= 4 is 16.8 Å². The van der Waals surface area contributed by atoms with Gasteiger partial charge in [0.05, 0.1) is 6.04 Å². The normalized spacial score (nSPS) is 23.7. The Balaban J connectivity index is 1.61. The van der Waals surface area contributed by atoms with Gasteiger partial charge in [-0.15, -0.1) is 0 Å². The molecule has 0 saturated heterocycles. The van der Waals surface area contributed by atoms with E-state index in [0.717, 1.165) is 32.4 Å². The van der Waals surface area contributed by atoms with Crippen molar-refractivity contribution in [1.82, 2.24) is 9.47 Å². The highest BCUT2D eigenvalue weighted by Gasteiger charge is 2.39. The lowest BCUT2D eigenvalue weighted by atomic mass is 9.88. The average molecular weight is 322 g/mol. The Morgan fingerprint density at radius 2 is 1.92 bits per heavy atom. The Kier molecular flexibility index (Phi) is 3.26. The number of aromatic nitrogens is 1. The lowest BCUT2D eigenvalue weighted by Crippen LogP contribution is -2.45. The summed E-state index contributed by atoms with van der Waals surface area (Å²) in [7, 11) is 0. The van der Waals surface area contributed by atoms with E-state index in [1.165, 1.54) is 53.4 Å². The molecule has 1 amide bonds. The van der Waals surface area contributed by atoms with Crippen LogP contribution in [0.25, 0.3) is 10.9 Å². The monoisotopic (exact) mass is 322 g/mol. The molecule has 5 rings (SSSR count). The van der Waals surface area contributed by atoms with Crippen LogP contribution in [0.3, 0.4) is 0 Å². The molecular formula is C21H26N2O. The van der Waals surface area contributed by atoms with Crippen molar-refractivity contribution in [2.24, 2.45) is 5.92 Å². The summed E-state index contributed by atoms with van der Waals surface area (Å²) in [4.78, 5) is 15.4. The van der Waals surface area contributed by atoms with Crippen molar-refractivity contribution in [3.8, 4) is 0 Å². The third kappa shape index (κ3) is 2.00. The van der Waals surface area contributed by atoms with E-state index in [0.29, 0.717) is 17.9 Å². The van der Waals surface area contributed by atoms with Crippen molar-refractivity contribution in [3.05, 3.63) is 35.0 Å². The number of benzene rings is 1. The summed E-state index contributed by atoms with van der Waals surface area (Å²) in [6.07, 6.45) is 8.21. The van der Waals surface area contributed by atoms with E-state index in [9.17, 15) is 4.79 Å².